The second-order valence-electron chi connectivity index (χ2n) is 6.04. The number of carboxylic acids is 1. The third kappa shape index (κ3) is 2.94. The summed E-state index contributed by atoms with van der Waals surface area (Å²) in [5.41, 5.74) is 1.79. The van der Waals surface area contributed by atoms with E-state index in [-0.39, 0.29) is 11.7 Å². The van der Waals surface area contributed by atoms with Gasteiger partial charge in [-0.25, -0.2) is 4.39 Å². The van der Waals surface area contributed by atoms with Crippen molar-refractivity contribution in [3.05, 3.63) is 29.6 Å². The van der Waals surface area contributed by atoms with Crippen molar-refractivity contribution in [3.8, 4) is 0 Å². The molecular weight excluding hydrogens is 257 g/mol. The van der Waals surface area contributed by atoms with Crippen molar-refractivity contribution in [1.29, 1.82) is 0 Å². The van der Waals surface area contributed by atoms with Gasteiger partial charge in [-0.2, -0.15) is 0 Å². The van der Waals surface area contributed by atoms with E-state index < -0.39 is 5.97 Å². The van der Waals surface area contributed by atoms with E-state index in [1.165, 1.54) is 0 Å². The minimum Gasteiger partial charge on any atom is -0.481 e. The number of anilines is 1. The predicted octanol–water partition coefficient (Wildman–Crippen LogP) is 3.76. The second kappa shape index (κ2) is 5.43. The van der Waals surface area contributed by atoms with Crippen molar-refractivity contribution in [3.63, 3.8) is 0 Å². The zero-order valence-electron chi connectivity index (χ0n) is 11.4. The average molecular weight is 277 g/mol. The van der Waals surface area contributed by atoms with Crippen LogP contribution in [-0.4, -0.2) is 17.1 Å². The van der Waals surface area contributed by atoms with Crippen molar-refractivity contribution in [2.24, 2.45) is 5.92 Å². The highest BCUT2D eigenvalue weighted by Crippen LogP contribution is 2.42. The summed E-state index contributed by atoms with van der Waals surface area (Å²) in [5.74, 6) is -0.573. The SMILES string of the molecule is O=C(O)C1CCC(Nc2ccc(F)c(C3CC3)c2)CC1. The smallest absolute Gasteiger partial charge is 0.306 e. The fourth-order valence-electron chi connectivity index (χ4n) is 3.06. The van der Waals surface area contributed by atoms with Gasteiger partial charge in [-0.05, 0) is 68.2 Å². The van der Waals surface area contributed by atoms with Crippen LogP contribution in [-0.2, 0) is 4.79 Å². The molecular formula is C16H20FNO2. The Kier molecular flexibility index (Phi) is 3.64. The largest absolute Gasteiger partial charge is 0.481 e. The monoisotopic (exact) mass is 277 g/mol. The van der Waals surface area contributed by atoms with Crippen LogP contribution in [0.15, 0.2) is 18.2 Å². The lowest BCUT2D eigenvalue weighted by Crippen LogP contribution is -2.29. The van der Waals surface area contributed by atoms with Gasteiger partial charge in [0.25, 0.3) is 0 Å². The highest BCUT2D eigenvalue weighted by atomic mass is 19.1. The van der Waals surface area contributed by atoms with E-state index in [9.17, 15) is 9.18 Å². The molecule has 0 saturated heterocycles. The summed E-state index contributed by atoms with van der Waals surface area (Å²) in [7, 11) is 0. The molecule has 0 unspecified atom stereocenters. The first kappa shape index (κ1) is 13.4. The quantitative estimate of drug-likeness (QED) is 0.881. The summed E-state index contributed by atoms with van der Waals surface area (Å²) in [6.45, 7) is 0. The molecule has 0 radical (unpaired) electrons. The van der Waals surface area contributed by atoms with Crippen LogP contribution in [0.25, 0.3) is 0 Å². The molecule has 0 aliphatic heterocycles. The lowest BCUT2D eigenvalue weighted by molar-refractivity contribution is -0.142. The molecule has 2 aliphatic carbocycles. The molecule has 0 bridgehead atoms. The molecule has 0 heterocycles. The summed E-state index contributed by atoms with van der Waals surface area (Å²) < 4.78 is 13.7. The average Bonchev–Trinajstić information content (AvgIpc) is 3.26. The summed E-state index contributed by atoms with van der Waals surface area (Å²) in [6.07, 6.45) is 5.36. The van der Waals surface area contributed by atoms with E-state index in [2.05, 4.69) is 5.32 Å². The van der Waals surface area contributed by atoms with Crippen LogP contribution in [0.4, 0.5) is 10.1 Å². The molecule has 3 rings (SSSR count). The normalized spacial score (nSPS) is 26.2. The zero-order valence-corrected chi connectivity index (χ0v) is 11.4. The van der Waals surface area contributed by atoms with Crippen LogP contribution in [0, 0.1) is 11.7 Å². The van der Waals surface area contributed by atoms with E-state index in [1.807, 2.05) is 6.07 Å². The maximum absolute atomic E-state index is 13.7. The number of carbonyl (C=O) groups is 1. The summed E-state index contributed by atoms with van der Waals surface area (Å²) in [5, 5.41) is 12.4. The number of benzene rings is 1. The summed E-state index contributed by atoms with van der Waals surface area (Å²) >= 11 is 0. The van der Waals surface area contributed by atoms with Crippen LogP contribution >= 0.6 is 0 Å². The molecule has 3 nitrogen and oxygen atoms in total. The van der Waals surface area contributed by atoms with Crippen molar-refractivity contribution in [2.75, 3.05) is 5.32 Å². The number of hydrogen-bond acceptors (Lipinski definition) is 2. The first-order chi connectivity index (χ1) is 9.63. The van der Waals surface area contributed by atoms with Gasteiger partial charge in [0.2, 0.25) is 0 Å². The molecule has 108 valence electrons. The molecule has 1 aromatic rings. The Morgan fingerprint density at radius 3 is 2.45 bits per heavy atom. The fraction of sp³-hybridized carbons (Fsp3) is 0.562. The number of hydrogen-bond donors (Lipinski definition) is 2. The van der Waals surface area contributed by atoms with Gasteiger partial charge in [-0.15, -0.1) is 0 Å². The van der Waals surface area contributed by atoms with Gasteiger partial charge in [-0.1, -0.05) is 0 Å². The maximum atomic E-state index is 13.7. The molecule has 0 atom stereocenters. The number of halogens is 1. The van der Waals surface area contributed by atoms with Gasteiger partial charge >= 0.3 is 5.97 Å². The van der Waals surface area contributed by atoms with Crippen LogP contribution in [0.2, 0.25) is 0 Å². The Morgan fingerprint density at radius 1 is 1.15 bits per heavy atom. The first-order valence-corrected chi connectivity index (χ1v) is 7.42. The molecule has 2 fully saturated rings. The lowest BCUT2D eigenvalue weighted by Gasteiger charge is -2.27. The lowest BCUT2D eigenvalue weighted by atomic mass is 9.86. The minimum atomic E-state index is -0.679. The van der Waals surface area contributed by atoms with E-state index in [1.54, 1.807) is 12.1 Å². The van der Waals surface area contributed by atoms with E-state index in [4.69, 9.17) is 5.11 Å². The fourth-order valence-corrected chi connectivity index (χ4v) is 3.06. The van der Waals surface area contributed by atoms with E-state index in [0.29, 0.717) is 12.0 Å². The molecule has 2 N–H and O–H groups in total. The van der Waals surface area contributed by atoms with Crippen molar-refractivity contribution in [2.45, 2.75) is 50.5 Å². The molecule has 2 saturated carbocycles. The van der Waals surface area contributed by atoms with Gasteiger partial charge in [0, 0.05) is 11.7 Å². The van der Waals surface area contributed by atoms with Gasteiger partial charge in [-0.3, -0.25) is 4.79 Å². The Labute approximate surface area is 118 Å². The first-order valence-electron chi connectivity index (χ1n) is 7.42. The maximum Gasteiger partial charge on any atom is 0.306 e. The molecule has 1 aromatic carbocycles. The third-order valence-electron chi connectivity index (χ3n) is 4.46. The highest BCUT2D eigenvalue weighted by molar-refractivity contribution is 5.70. The summed E-state index contributed by atoms with van der Waals surface area (Å²) in [6, 6.07) is 5.56. The van der Waals surface area contributed by atoms with Gasteiger partial charge in [0.1, 0.15) is 5.82 Å². The van der Waals surface area contributed by atoms with E-state index in [0.717, 1.165) is 49.8 Å². The van der Waals surface area contributed by atoms with Gasteiger partial charge in [0.15, 0.2) is 0 Å². The molecule has 0 amide bonds. The van der Waals surface area contributed by atoms with Gasteiger partial charge < -0.3 is 10.4 Å². The Morgan fingerprint density at radius 2 is 1.85 bits per heavy atom. The third-order valence-corrected chi connectivity index (χ3v) is 4.46. The van der Waals surface area contributed by atoms with Crippen LogP contribution in [0.3, 0.4) is 0 Å². The molecule has 20 heavy (non-hydrogen) atoms. The standard InChI is InChI=1S/C16H20FNO2/c17-15-8-7-13(9-14(15)10-1-2-10)18-12-5-3-11(4-6-12)16(19)20/h7-12,18H,1-6H2,(H,19,20). The van der Waals surface area contributed by atoms with Crippen LogP contribution < -0.4 is 5.32 Å². The number of aliphatic carboxylic acids is 1. The predicted molar refractivity (Wildman–Crippen MR) is 75.4 cm³/mol. The van der Waals surface area contributed by atoms with Gasteiger partial charge in [0.05, 0.1) is 5.92 Å². The molecule has 0 aromatic heterocycles. The van der Waals surface area contributed by atoms with Crippen molar-refractivity contribution in [1.82, 2.24) is 0 Å². The second-order valence-corrected chi connectivity index (χ2v) is 6.04. The Bertz CT molecular complexity index is 505. The van der Waals surface area contributed by atoms with Crippen LogP contribution in [0.5, 0.6) is 0 Å². The highest BCUT2D eigenvalue weighted by Gasteiger charge is 2.28. The molecule has 2 aliphatic rings. The van der Waals surface area contributed by atoms with Crippen LogP contribution in [0.1, 0.15) is 50.0 Å². The minimum absolute atomic E-state index is 0.104. The van der Waals surface area contributed by atoms with Crippen molar-refractivity contribution >= 4 is 11.7 Å². The van der Waals surface area contributed by atoms with Crippen molar-refractivity contribution < 1.29 is 14.3 Å². The molecule has 0 spiro atoms. The Hall–Kier alpha value is -1.58. The Balaban J connectivity index is 1.61. The molecule has 4 heteroatoms. The van der Waals surface area contributed by atoms with E-state index >= 15 is 0 Å². The zero-order chi connectivity index (χ0) is 14.1. The number of rotatable bonds is 4. The number of carboxylic acid groups (broad SMARTS) is 1. The topological polar surface area (TPSA) is 49.3 Å². The number of nitrogens with one attached hydrogen (secondary N) is 1. The summed E-state index contributed by atoms with van der Waals surface area (Å²) in [4.78, 5) is 10.9.